The van der Waals surface area contributed by atoms with Crippen molar-refractivity contribution in [2.75, 3.05) is 5.73 Å². The van der Waals surface area contributed by atoms with Crippen LogP contribution in [0.15, 0.2) is 85.1 Å². The number of benzene rings is 3. The van der Waals surface area contributed by atoms with E-state index >= 15 is 0 Å². The van der Waals surface area contributed by atoms with Gasteiger partial charge in [-0.1, -0.05) is 30.3 Å². The second-order valence-electron chi connectivity index (χ2n) is 7.09. The van der Waals surface area contributed by atoms with E-state index < -0.39 is 5.91 Å². The highest BCUT2D eigenvalue weighted by atomic mass is 16.5. The summed E-state index contributed by atoms with van der Waals surface area (Å²) in [7, 11) is 0. The van der Waals surface area contributed by atoms with E-state index in [0.29, 0.717) is 22.8 Å². The second-order valence-corrected chi connectivity index (χ2v) is 7.09. The number of nitrogens with zero attached hydrogens (tertiary/aromatic N) is 2. The van der Waals surface area contributed by atoms with Crippen molar-refractivity contribution in [2.45, 2.75) is 0 Å². The van der Waals surface area contributed by atoms with E-state index in [9.17, 15) is 4.79 Å². The zero-order valence-corrected chi connectivity index (χ0v) is 16.4. The minimum atomic E-state index is -0.571. The molecule has 5 N–H and O–H groups in total. The highest BCUT2D eigenvalue weighted by Crippen LogP contribution is 2.32. The zero-order valence-electron chi connectivity index (χ0n) is 16.4. The van der Waals surface area contributed by atoms with Gasteiger partial charge in [-0.25, -0.2) is 4.52 Å². The molecular weight excluding hydrogens is 390 g/mol. The van der Waals surface area contributed by atoms with Gasteiger partial charge in [0.1, 0.15) is 17.1 Å². The fourth-order valence-corrected chi connectivity index (χ4v) is 3.55. The number of imidazole rings is 1. The van der Waals surface area contributed by atoms with E-state index in [1.807, 2.05) is 78.9 Å². The van der Waals surface area contributed by atoms with Gasteiger partial charge in [0.05, 0.1) is 11.9 Å². The Morgan fingerprint density at radius 1 is 0.871 bits per heavy atom. The second kappa shape index (κ2) is 7.38. The molecule has 7 nitrogen and oxygen atoms in total. The molecule has 0 aliphatic rings. The Labute approximate surface area is 177 Å². The molecular formula is C24H19N5O2. The van der Waals surface area contributed by atoms with Gasteiger partial charge in [-0.05, 0) is 54.1 Å². The van der Waals surface area contributed by atoms with E-state index in [1.54, 1.807) is 6.20 Å². The first-order valence-electron chi connectivity index (χ1n) is 9.69. The first-order valence-corrected chi connectivity index (χ1v) is 9.69. The minimum Gasteiger partial charge on any atom is -0.457 e. The minimum absolute atomic E-state index is 0.286. The highest BCUT2D eigenvalue weighted by molar-refractivity contribution is 5.99. The molecule has 0 aliphatic heterocycles. The number of ether oxygens (including phenoxy) is 1. The van der Waals surface area contributed by atoms with Crippen molar-refractivity contribution in [2.24, 2.45) is 5.73 Å². The molecule has 0 radical (unpaired) electrons. The number of aromatic nitrogens is 3. The standard InChI is InChI=1S/C24H19N5O2/c25-17-10-6-15(7-11-17)20-14-27-29-22(23(26)30)21(28-24(20)29)16-8-12-19(13-9-16)31-18-4-2-1-3-5-18/h1-14,28H,25H2,(H2,26,30). The third-order valence-corrected chi connectivity index (χ3v) is 5.04. The van der Waals surface area contributed by atoms with Crippen LogP contribution in [-0.4, -0.2) is 20.5 Å². The molecule has 2 aromatic heterocycles. The highest BCUT2D eigenvalue weighted by Gasteiger charge is 2.21. The van der Waals surface area contributed by atoms with Crippen LogP contribution in [0.3, 0.4) is 0 Å². The largest absolute Gasteiger partial charge is 0.457 e. The summed E-state index contributed by atoms with van der Waals surface area (Å²) >= 11 is 0. The van der Waals surface area contributed by atoms with E-state index in [0.717, 1.165) is 22.4 Å². The number of H-pyrrole nitrogens is 1. The van der Waals surface area contributed by atoms with Crippen molar-refractivity contribution in [1.29, 1.82) is 0 Å². The van der Waals surface area contributed by atoms with Gasteiger partial charge < -0.3 is 21.2 Å². The van der Waals surface area contributed by atoms with Crippen molar-refractivity contribution in [1.82, 2.24) is 14.6 Å². The first-order chi connectivity index (χ1) is 15.1. The molecule has 7 heteroatoms. The van der Waals surface area contributed by atoms with Crippen molar-refractivity contribution in [3.63, 3.8) is 0 Å². The Morgan fingerprint density at radius 2 is 1.52 bits per heavy atom. The molecule has 0 aliphatic carbocycles. The number of carbonyl (C=O) groups is 1. The summed E-state index contributed by atoms with van der Waals surface area (Å²) in [5.41, 5.74) is 16.3. The number of carbonyl (C=O) groups excluding carboxylic acids is 1. The number of aromatic amines is 1. The molecule has 2 heterocycles. The van der Waals surface area contributed by atoms with Gasteiger partial charge in [-0.2, -0.15) is 5.10 Å². The number of hydrogen-bond donors (Lipinski definition) is 3. The fourth-order valence-electron chi connectivity index (χ4n) is 3.55. The van der Waals surface area contributed by atoms with Gasteiger partial charge in [0.25, 0.3) is 5.91 Å². The maximum atomic E-state index is 12.3. The number of anilines is 1. The summed E-state index contributed by atoms with van der Waals surface area (Å²) < 4.78 is 7.39. The van der Waals surface area contributed by atoms with E-state index in [-0.39, 0.29) is 5.69 Å². The van der Waals surface area contributed by atoms with Gasteiger partial charge in [0.15, 0.2) is 5.69 Å². The summed E-state index contributed by atoms with van der Waals surface area (Å²) in [6.45, 7) is 0. The van der Waals surface area contributed by atoms with Crippen molar-refractivity contribution >= 4 is 17.2 Å². The Hall–Kier alpha value is -4.52. The van der Waals surface area contributed by atoms with Crippen LogP contribution in [0.25, 0.3) is 28.0 Å². The van der Waals surface area contributed by atoms with E-state index in [4.69, 9.17) is 16.2 Å². The SMILES string of the molecule is NC(=O)c1c(-c2ccc(Oc3ccccc3)cc2)[nH]c2c(-c3ccc(N)cc3)cnn12. The Morgan fingerprint density at radius 3 is 2.19 bits per heavy atom. The maximum Gasteiger partial charge on any atom is 0.269 e. The average molecular weight is 409 g/mol. The monoisotopic (exact) mass is 409 g/mol. The summed E-state index contributed by atoms with van der Waals surface area (Å²) in [6, 6.07) is 24.4. The molecule has 31 heavy (non-hydrogen) atoms. The molecule has 0 atom stereocenters. The predicted molar refractivity (Wildman–Crippen MR) is 120 cm³/mol. The molecule has 152 valence electrons. The van der Waals surface area contributed by atoms with Gasteiger partial charge in [-0.15, -0.1) is 0 Å². The van der Waals surface area contributed by atoms with Crippen LogP contribution in [-0.2, 0) is 0 Å². The number of nitrogens with two attached hydrogens (primary N) is 2. The Kier molecular flexibility index (Phi) is 4.41. The average Bonchev–Trinajstić information content (AvgIpc) is 3.35. The number of primary amides is 1. The van der Waals surface area contributed by atoms with E-state index in [2.05, 4.69) is 10.1 Å². The summed E-state index contributed by atoms with van der Waals surface area (Å²) in [4.78, 5) is 15.6. The third kappa shape index (κ3) is 3.38. The molecule has 0 unspecified atom stereocenters. The maximum absolute atomic E-state index is 12.3. The molecule has 0 spiro atoms. The lowest BCUT2D eigenvalue weighted by atomic mass is 10.1. The zero-order chi connectivity index (χ0) is 21.4. The molecule has 0 bridgehead atoms. The number of nitrogens with one attached hydrogen (secondary N) is 1. The predicted octanol–water partition coefficient (Wildman–Crippen LogP) is 4.47. The number of nitrogen functional groups attached to an aromatic ring is 1. The van der Waals surface area contributed by atoms with Gasteiger partial charge >= 0.3 is 0 Å². The fraction of sp³-hybridized carbons (Fsp3) is 0. The molecule has 5 aromatic rings. The van der Waals surface area contributed by atoms with Gasteiger partial charge in [-0.3, -0.25) is 4.79 Å². The van der Waals surface area contributed by atoms with Crippen LogP contribution in [0, 0.1) is 0 Å². The van der Waals surface area contributed by atoms with Crippen molar-refractivity contribution < 1.29 is 9.53 Å². The molecule has 3 aromatic carbocycles. The number of amides is 1. The lowest BCUT2D eigenvalue weighted by Crippen LogP contribution is -2.15. The number of rotatable bonds is 5. The lowest BCUT2D eigenvalue weighted by molar-refractivity contribution is 0.0994. The smallest absolute Gasteiger partial charge is 0.269 e. The molecule has 0 fully saturated rings. The lowest BCUT2D eigenvalue weighted by Gasteiger charge is -2.07. The first kappa shape index (κ1) is 18.5. The van der Waals surface area contributed by atoms with Crippen LogP contribution in [0.2, 0.25) is 0 Å². The Bertz CT molecular complexity index is 1370. The number of fused-ring (bicyclic) bond motifs is 1. The topological polar surface area (TPSA) is 111 Å². The van der Waals surface area contributed by atoms with Crippen LogP contribution >= 0.6 is 0 Å². The third-order valence-electron chi connectivity index (χ3n) is 5.04. The van der Waals surface area contributed by atoms with E-state index in [1.165, 1.54) is 4.52 Å². The van der Waals surface area contributed by atoms with Crippen molar-refractivity contribution in [3.05, 3.63) is 90.8 Å². The molecule has 5 rings (SSSR count). The summed E-state index contributed by atoms with van der Waals surface area (Å²) in [5, 5.41) is 4.39. The molecule has 1 amide bonds. The molecule has 0 saturated heterocycles. The summed E-state index contributed by atoms with van der Waals surface area (Å²) in [6.07, 6.45) is 1.70. The van der Waals surface area contributed by atoms with Crippen LogP contribution in [0.4, 0.5) is 5.69 Å². The Balaban J connectivity index is 1.55. The van der Waals surface area contributed by atoms with Crippen LogP contribution in [0.5, 0.6) is 11.5 Å². The normalized spacial score (nSPS) is 11.0. The van der Waals surface area contributed by atoms with Gasteiger partial charge in [0.2, 0.25) is 0 Å². The number of para-hydroxylation sites is 1. The summed E-state index contributed by atoms with van der Waals surface area (Å²) in [5.74, 6) is 0.867. The van der Waals surface area contributed by atoms with Crippen LogP contribution in [0.1, 0.15) is 10.5 Å². The van der Waals surface area contributed by atoms with Gasteiger partial charge in [0, 0.05) is 16.8 Å². The van der Waals surface area contributed by atoms with Crippen molar-refractivity contribution in [3.8, 4) is 33.9 Å². The quantitative estimate of drug-likeness (QED) is 0.372. The van der Waals surface area contributed by atoms with Crippen LogP contribution < -0.4 is 16.2 Å². The number of hydrogen-bond acceptors (Lipinski definition) is 4. The molecule has 0 saturated carbocycles.